The molecule has 0 aliphatic heterocycles. The predicted molar refractivity (Wildman–Crippen MR) is 99.4 cm³/mol. The van der Waals surface area contributed by atoms with Crippen LogP contribution in [0.5, 0.6) is 0 Å². The highest BCUT2D eigenvalue weighted by atomic mass is 16.5. The first-order valence-electron chi connectivity index (χ1n) is 8.20. The van der Waals surface area contributed by atoms with Crippen LogP contribution in [0.2, 0.25) is 0 Å². The Hall–Kier alpha value is -3.00. The number of hydrogen-bond donors (Lipinski definition) is 2. The maximum atomic E-state index is 12.2. The van der Waals surface area contributed by atoms with Gasteiger partial charge in [-0.3, -0.25) is 4.79 Å². The number of hydrogen-bond acceptors (Lipinski definition) is 7. The number of methoxy groups -OCH3 is 1. The van der Waals surface area contributed by atoms with Gasteiger partial charge >= 0.3 is 5.97 Å². The Morgan fingerprint density at radius 3 is 2.31 bits per heavy atom. The Labute approximate surface area is 152 Å². The second-order valence-electron chi connectivity index (χ2n) is 5.90. The third-order valence-corrected chi connectivity index (χ3v) is 3.54. The molecule has 8 heteroatoms. The zero-order chi connectivity index (χ0) is 18.9. The number of carbonyl (C=O) groups excluding carboxylic acids is 2. The zero-order valence-corrected chi connectivity index (χ0v) is 15.2. The van der Waals surface area contributed by atoms with E-state index in [1.807, 2.05) is 14.1 Å². The summed E-state index contributed by atoms with van der Waals surface area (Å²) in [4.78, 5) is 34.0. The normalized spacial score (nSPS) is 10.5. The smallest absolute Gasteiger partial charge is 0.337 e. The second kappa shape index (κ2) is 9.47. The van der Waals surface area contributed by atoms with E-state index in [1.165, 1.54) is 19.5 Å². The molecule has 0 spiro atoms. The highest BCUT2D eigenvalue weighted by Gasteiger charge is 2.09. The van der Waals surface area contributed by atoms with Crippen molar-refractivity contribution < 1.29 is 14.3 Å². The van der Waals surface area contributed by atoms with E-state index in [-0.39, 0.29) is 5.91 Å². The van der Waals surface area contributed by atoms with Gasteiger partial charge in [-0.2, -0.15) is 0 Å². The summed E-state index contributed by atoms with van der Waals surface area (Å²) in [6, 6.07) is 6.43. The zero-order valence-electron chi connectivity index (χ0n) is 15.2. The van der Waals surface area contributed by atoms with Crippen molar-refractivity contribution in [2.45, 2.75) is 6.42 Å². The number of nitrogens with one attached hydrogen (secondary N) is 2. The van der Waals surface area contributed by atoms with E-state index in [0.29, 0.717) is 22.8 Å². The van der Waals surface area contributed by atoms with Crippen LogP contribution in [0.15, 0.2) is 36.7 Å². The Morgan fingerprint density at radius 1 is 1.08 bits per heavy atom. The molecule has 0 atom stereocenters. The Kier molecular flexibility index (Phi) is 7.04. The molecule has 0 unspecified atom stereocenters. The lowest BCUT2D eigenvalue weighted by Gasteiger charge is -2.10. The molecule has 1 heterocycles. The van der Waals surface area contributed by atoms with Gasteiger partial charge in [-0.1, -0.05) is 0 Å². The number of carbonyl (C=O) groups is 2. The molecule has 8 nitrogen and oxygen atoms in total. The monoisotopic (exact) mass is 357 g/mol. The maximum Gasteiger partial charge on any atom is 0.337 e. The van der Waals surface area contributed by atoms with Crippen LogP contribution >= 0.6 is 0 Å². The lowest BCUT2D eigenvalue weighted by atomic mass is 10.2. The summed E-state index contributed by atoms with van der Waals surface area (Å²) in [6.45, 7) is 1.73. The number of esters is 1. The maximum absolute atomic E-state index is 12.2. The summed E-state index contributed by atoms with van der Waals surface area (Å²) >= 11 is 0. The SMILES string of the molecule is COC(=O)c1ccc(NC(=O)c2cnc(NCCCN(C)C)nc2)cc1. The first kappa shape index (κ1) is 19.3. The van der Waals surface area contributed by atoms with Crippen molar-refractivity contribution in [3.05, 3.63) is 47.8 Å². The number of ether oxygens (including phenoxy) is 1. The van der Waals surface area contributed by atoms with Crippen LogP contribution in [0.1, 0.15) is 27.1 Å². The quantitative estimate of drug-likeness (QED) is 0.550. The third-order valence-electron chi connectivity index (χ3n) is 3.54. The van der Waals surface area contributed by atoms with E-state index < -0.39 is 5.97 Å². The van der Waals surface area contributed by atoms with E-state index in [1.54, 1.807) is 24.3 Å². The molecule has 0 saturated heterocycles. The number of nitrogens with zero attached hydrogens (tertiary/aromatic N) is 3. The second-order valence-corrected chi connectivity index (χ2v) is 5.90. The van der Waals surface area contributed by atoms with Crippen molar-refractivity contribution in [3.8, 4) is 0 Å². The highest BCUT2D eigenvalue weighted by Crippen LogP contribution is 2.12. The van der Waals surface area contributed by atoms with Gasteiger partial charge in [0.25, 0.3) is 5.91 Å². The van der Waals surface area contributed by atoms with Gasteiger partial charge in [-0.15, -0.1) is 0 Å². The molecule has 2 N–H and O–H groups in total. The average molecular weight is 357 g/mol. The number of anilines is 2. The Balaban J connectivity index is 1.88. The van der Waals surface area contributed by atoms with Crippen LogP contribution < -0.4 is 10.6 Å². The highest BCUT2D eigenvalue weighted by molar-refractivity contribution is 6.04. The minimum Gasteiger partial charge on any atom is -0.465 e. The topological polar surface area (TPSA) is 96.4 Å². The minimum atomic E-state index is -0.426. The molecule has 2 rings (SSSR count). The fourth-order valence-electron chi connectivity index (χ4n) is 2.14. The molecule has 0 aliphatic carbocycles. The molecule has 0 aliphatic rings. The summed E-state index contributed by atoms with van der Waals surface area (Å²) in [5.74, 6) is -0.261. The molecule has 0 fully saturated rings. The van der Waals surface area contributed by atoms with Gasteiger partial charge in [0.15, 0.2) is 0 Å². The molecule has 26 heavy (non-hydrogen) atoms. The van der Waals surface area contributed by atoms with Crippen LogP contribution in [0, 0.1) is 0 Å². The number of amides is 1. The lowest BCUT2D eigenvalue weighted by Crippen LogP contribution is -2.17. The van der Waals surface area contributed by atoms with Crippen LogP contribution in [0.3, 0.4) is 0 Å². The summed E-state index contributed by atoms with van der Waals surface area (Å²) in [5, 5.41) is 5.84. The first-order valence-corrected chi connectivity index (χ1v) is 8.20. The standard InChI is InChI=1S/C18H23N5O3/c1-23(2)10-4-9-19-18-20-11-14(12-21-18)16(24)22-15-7-5-13(6-8-15)17(25)26-3/h5-8,11-12H,4,9-10H2,1-3H3,(H,22,24)(H,19,20,21). The van der Waals surface area contributed by atoms with Gasteiger partial charge in [-0.25, -0.2) is 14.8 Å². The molecule has 0 saturated carbocycles. The Morgan fingerprint density at radius 2 is 1.73 bits per heavy atom. The molecule has 1 amide bonds. The van der Waals surface area contributed by atoms with Crippen molar-refractivity contribution in [1.82, 2.24) is 14.9 Å². The van der Waals surface area contributed by atoms with Gasteiger partial charge in [0.1, 0.15) is 0 Å². The average Bonchev–Trinajstić information content (AvgIpc) is 2.65. The fourth-order valence-corrected chi connectivity index (χ4v) is 2.14. The number of benzene rings is 1. The Bertz CT molecular complexity index is 729. The van der Waals surface area contributed by atoms with Gasteiger partial charge < -0.3 is 20.3 Å². The van der Waals surface area contributed by atoms with Crippen molar-refractivity contribution >= 4 is 23.5 Å². The molecule has 138 valence electrons. The van der Waals surface area contributed by atoms with Crippen molar-refractivity contribution in [2.24, 2.45) is 0 Å². The van der Waals surface area contributed by atoms with Gasteiger partial charge in [0.2, 0.25) is 5.95 Å². The largest absolute Gasteiger partial charge is 0.465 e. The van der Waals surface area contributed by atoms with E-state index >= 15 is 0 Å². The van der Waals surface area contributed by atoms with Crippen LogP contribution in [-0.4, -0.2) is 61.0 Å². The van der Waals surface area contributed by atoms with Gasteiger partial charge in [-0.05, 0) is 51.3 Å². The lowest BCUT2D eigenvalue weighted by molar-refractivity contribution is 0.0600. The van der Waals surface area contributed by atoms with Crippen molar-refractivity contribution in [1.29, 1.82) is 0 Å². The number of aromatic nitrogens is 2. The summed E-state index contributed by atoms with van der Waals surface area (Å²) in [6.07, 6.45) is 3.92. The number of rotatable bonds is 8. The predicted octanol–water partition coefficient (Wildman–Crippen LogP) is 1.88. The molecule has 0 radical (unpaired) electrons. The van der Waals surface area contributed by atoms with Gasteiger partial charge in [0, 0.05) is 24.6 Å². The van der Waals surface area contributed by atoms with E-state index in [4.69, 9.17) is 0 Å². The van der Waals surface area contributed by atoms with Crippen LogP contribution in [0.25, 0.3) is 0 Å². The molecule has 2 aromatic rings. The van der Waals surface area contributed by atoms with Gasteiger partial charge in [0.05, 0.1) is 18.2 Å². The minimum absolute atomic E-state index is 0.324. The fraction of sp³-hybridized carbons (Fsp3) is 0.333. The van der Waals surface area contributed by atoms with E-state index in [9.17, 15) is 9.59 Å². The third kappa shape index (κ3) is 5.82. The van der Waals surface area contributed by atoms with Crippen molar-refractivity contribution in [2.75, 3.05) is 44.9 Å². The summed E-state index contributed by atoms with van der Waals surface area (Å²) in [5.41, 5.74) is 1.33. The van der Waals surface area contributed by atoms with Crippen molar-refractivity contribution in [3.63, 3.8) is 0 Å². The molecule has 0 bridgehead atoms. The molecular weight excluding hydrogens is 334 g/mol. The summed E-state index contributed by atoms with van der Waals surface area (Å²) < 4.78 is 4.63. The molecule has 1 aromatic heterocycles. The first-order chi connectivity index (χ1) is 12.5. The van der Waals surface area contributed by atoms with Crippen LogP contribution in [-0.2, 0) is 4.74 Å². The molecular formula is C18H23N5O3. The summed E-state index contributed by atoms with van der Waals surface area (Å²) in [7, 11) is 5.36. The van der Waals surface area contributed by atoms with Crippen LogP contribution in [0.4, 0.5) is 11.6 Å². The van der Waals surface area contributed by atoms with E-state index in [0.717, 1.165) is 19.5 Å². The molecule has 1 aromatic carbocycles. The van der Waals surface area contributed by atoms with E-state index in [2.05, 4.69) is 30.2 Å².